The number of thioether (sulfide) groups is 1. The molecule has 0 amide bonds. The second-order valence-corrected chi connectivity index (χ2v) is 4.06. The van der Waals surface area contributed by atoms with Gasteiger partial charge in [-0.1, -0.05) is 12.2 Å². The lowest BCUT2D eigenvalue weighted by molar-refractivity contribution is -0.157. The Morgan fingerprint density at radius 1 is 1.25 bits per heavy atom. The van der Waals surface area contributed by atoms with E-state index in [1.807, 2.05) is 0 Å². The van der Waals surface area contributed by atoms with Crippen LogP contribution in [0.25, 0.3) is 0 Å². The summed E-state index contributed by atoms with van der Waals surface area (Å²) in [6, 6.07) is -1.18. The van der Waals surface area contributed by atoms with E-state index in [4.69, 9.17) is 21.7 Å². The smallest absolute Gasteiger partial charge is 0.340 e. The van der Waals surface area contributed by atoms with Crippen LogP contribution in [-0.2, 0) is 19.1 Å². The number of carbonyl (C=O) groups excluding carboxylic acids is 2. The van der Waals surface area contributed by atoms with Gasteiger partial charge < -0.3 is 14.8 Å². The Morgan fingerprint density at radius 3 is 2.00 bits per heavy atom. The minimum Gasteiger partial charge on any atom is -0.464 e. The number of rotatable bonds is 5. The molecule has 0 unspecified atom stereocenters. The highest BCUT2D eigenvalue weighted by molar-refractivity contribution is 8.22. The van der Waals surface area contributed by atoms with Gasteiger partial charge in [-0.25, -0.2) is 9.59 Å². The Balaban J connectivity index is 4.55. The third-order valence-electron chi connectivity index (χ3n) is 1.49. The van der Waals surface area contributed by atoms with Crippen LogP contribution in [0.15, 0.2) is 0 Å². The molecule has 0 saturated carbocycles. The van der Waals surface area contributed by atoms with Gasteiger partial charge in [0.05, 0.1) is 13.2 Å². The predicted molar refractivity (Wildman–Crippen MR) is 66.3 cm³/mol. The summed E-state index contributed by atoms with van der Waals surface area (Å²) in [5.41, 5.74) is 0. The van der Waals surface area contributed by atoms with Gasteiger partial charge in [-0.05, 0) is 20.1 Å². The number of thiocarbonyl (C=S) groups is 1. The van der Waals surface area contributed by atoms with Crippen molar-refractivity contribution < 1.29 is 19.1 Å². The van der Waals surface area contributed by atoms with Crippen molar-refractivity contribution in [1.29, 1.82) is 0 Å². The monoisotopic (exact) mass is 265 g/mol. The fraction of sp³-hybridized carbons (Fsp3) is 0.667. The van der Waals surface area contributed by atoms with Gasteiger partial charge in [0, 0.05) is 0 Å². The van der Waals surface area contributed by atoms with Crippen LogP contribution in [0.3, 0.4) is 0 Å². The van der Waals surface area contributed by atoms with E-state index in [1.54, 1.807) is 20.1 Å². The van der Waals surface area contributed by atoms with Gasteiger partial charge in [0.1, 0.15) is 4.32 Å². The number of carbonyl (C=O) groups is 2. The van der Waals surface area contributed by atoms with Crippen molar-refractivity contribution in [2.75, 3.05) is 19.5 Å². The first-order valence-electron chi connectivity index (χ1n) is 4.74. The molecule has 92 valence electrons. The molecule has 0 bridgehead atoms. The van der Waals surface area contributed by atoms with Gasteiger partial charge in [-0.15, -0.1) is 11.8 Å². The molecule has 0 heterocycles. The molecule has 0 fully saturated rings. The molecule has 0 aromatic carbocycles. The highest BCUT2D eigenvalue weighted by Crippen LogP contribution is 2.00. The molecular weight excluding hydrogens is 250 g/mol. The summed E-state index contributed by atoms with van der Waals surface area (Å²) in [7, 11) is 0. The topological polar surface area (TPSA) is 64.6 Å². The Morgan fingerprint density at radius 2 is 1.69 bits per heavy atom. The van der Waals surface area contributed by atoms with Crippen LogP contribution < -0.4 is 5.32 Å². The molecule has 5 nitrogen and oxygen atoms in total. The number of hydrogen-bond donors (Lipinski definition) is 1. The summed E-state index contributed by atoms with van der Waals surface area (Å²) in [5, 5.41) is 2.58. The van der Waals surface area contributed by atoms with Crippen molar-refractivity contribution in [3.63, 3.8) is 0 Å². The lowest BCUT2D eigenvalue weighted by Crippen LogP contribution is -2.47. The molecule has 0 aromatic heterocycles. The van der Waals surface area contributed by atoms with Gasteiger partial charge in [0.2, 0.25) is 6.04 Å². The van der Waals surface area contributed by atoms with E-state index >= 15 is 0 Å². The predicted octanol–water partition coefficient (Wildman–Crippen LogP) is 0.719. The van der Waals surface area contributed by atoms with Gasteiger partial charge in [0.25, 0.3) is 0 Å². The molecule has 1 N–H and O–H groups in total. The van der Waals surface area contributed by atoms with Crippen molar-refractivity contribution in [1.82, 2.24) is 5.32 Å². The molecule has 0 spiro atoms. The number of ether oxygens (including phenoxy) is 2. The molecule has 0 aliphatic rings. The minimum absolute atomic E-state index is 0.197. The normalized spacial score (nSPS) is 9.75. The molecule has 16 heavy (non-hydrogen) atoms. The van der Waals surface area contributed by atoms with Crippen molar-refractivity contribution in [2.45, 2.75) is 19.9 Å². The SMILES string of the molecule is CCOC(=O)C(NC(=S)SC)C(=O)OCC. The Hall–Kier alpha value is -0.820. The first kappa shape index (κ1) is 15.2. The standard InChI is InChI=1S/C9H15NO4S2/c1-4-13-7(11)6(8(12)14-5-2)10-9(15)16-3/h6H,4-5H2,1-3H3,(H,10,15). The summed E-state index contributed by atoms with van der Waals surface area (Å²) in [6.07, 6.45) is 1.74. The summed E-state index contributed by atoms with van der Waals surface area (Å²) in [4.78, 5) is 22.9. The molecule has 7 heteroatoms. The van der Waals surface area contributed by atoms with E-state index in [0.717, 1.165) is 0 Å². The lowest BCUT2D eigenvalue weighted by Gasteiger charge is -2.16. The molecule has 0 aromatic rings. The first-order chi connectivity index (χ1) is 7.56. The summed E-state index contributed by atoms with van der Waals surface area (Å²) >= 11 is 6.10. The van der Waals surface area contributed by atoms with Crippen LogP contribution in [0, 0.1) is 0 Å². The quantitative estimate of drug-likeness (QED) is 0.446. The summed E-state index contributed by atoms with van der Waals surface area (Å²) in [5.74, 6) is -1.37. The van der Waals surface area contributed by atoms with E-state index in [-0.39, 0.29) is 13.2 Å². The van der Waals surface area contributed by atoms with Gasteiger partial charge >= 0.3 is 11.9 Å². The largest absolute Gasteiger partial charge is 0.464 e. The maximum absolute atomic E-state index is 11.5. The van der Waals surface area contributed by atoms with Gasteiger partial charge in [0.15, 0.2) is 0 Å². The molecule has 0 rings (SSSR count). The average molecular weight is 265 g/mol. The fourth-order valence-electron chi connectivity index (χ4n) is 0.842. The number of esters is 2. The lowest BCUT2D eigenvalue weighted by atomic mass is 10.3. The summed E-state index contributed by atoms with van der Waals surface area (Å²) < 4.78 is 9.83. The average Bonchev–Trinajstić information content (AvgIpc) is 2.25. The van der Waals surface area contributed by atoms with Crippen LogP contribution in [0.1, 0.15) is 13.8 Å². The van der Waals surface area contributed by atoms with Crippen LogP contribution >= 0.6 is 24.0 Å². The molecule has 0 aliphatic heterocycles. The molecular formula is C9H15NO4S2. The zero-order chi connectivity index (χ0) is 12.6. The van der Waals surface area contributed by atoms with Crippen molar-refractivity contribution in [3.8, 4) is 0 Å². The van der Waals surface area contributed by atoms with E-state index in [9.17, 15) is 9.59 Å². The zero-order valence-electron chi connectivity index (χ0n) is 9.44. The number of hydrogen-bond acceptors (Lipinski definition) is 6. The third-order valence-corrected chi connectivity index (χ3v) is 2.60. The highest BCUT2D eigenvalue weighted by atomic mass is 32.2. The second-order valence-electron chi connectivity index (χ2n) is 2.57. The minimum atomic E-state index is -1.18. The van der Waals surface area contributed by atoms with Crippen LogP contribution in [0.2, 0.25) is 0 Å². The van der Waals surface area contributed by atoms with E-state index in [0.29, 0.717) is 4.32 Å². The van der Waals surface area contributed by atoms with Crippen molar-refractivity contribution in [3.05, 3.63) is 0 Å². The summed E-state index contributed by atoms with van der Waals surface area (Å²) in [6.45, 7) is 3.71. The number of nitrogens with one attached hydrogen (secondary N) is 1. The Kier molecular flexibility index (Phi) is 7.92. The second kappa shape index (κ2) is 8.35. The fourth-order valence-corrected chi connectivity index (χ4v) is 1.20. The van der Waals surface area contributed by atoms with Gasteiger partial charge in [-0.2, -0.15) is 0 Å². The van der Waals surface area contributed by atoms with Crippen LogP contribution in [-0.4, -0.2) is 41.8 Å². The maximum Gasteiger partial charge on any atom is 0.340 e. The molecule has 0 atom stereocenters. The Labute approximate surface area is 104 Å². The molecule has 0 aliphatic carbocycles. The molecule has 0 radical (unpaired) electrons. The van der Waals surface area contributed by atoms with Crippen LogP contribution in [0.4, 0.5) is 0 Å². The van der Waals surface area contributed by atoms with Gasteiger partial charge in [-0.3, -0.25) is 0 Å². The van der Waals surface area contributed by atoms with Crippen molar-refractivity contribution >= 4 is 40.2 Å². The van der Waals surface area contributed by atoms with E-state index in [2.05, 4.69) is 5.32 Å². The van der Waals surface area contributed by atoms with Crippen LogP contribution in [0.5, 0.6) is 0 Å². The first-order valence-corrected chi connectivity index (χ1v) is 6.37. The zero-order valence-corrected chi connectivity index (χ0v) is 11.1. The van der Waals surface area contributed by atoms with E-state index in [1.165, 1.54) is 11.8 Å². The third kappa shape index (κ3) is 5.32. The highest BCUT2D eigenvalue weighted by Gasteiger charge is 2.29. The maximum atomic E-state index is 11.5. The Bertz CT molecular complexity index is 252. The molecule has 0 saturated heterocycles. The van der Waals surface area contributed by atoms with E-state index < -0.39 is 18.0 Å². The van der Waals surface area contributed by atoms with Crippen molar-refractivity contribution in [2.24, 2.45) is 0 Å².